The average molecular weight is 285 g/mol. The van der Waals surface area contributed by atoms with E-state index in [1.165, 1.54) is 17.7 Å². The normalized spacial score (nSPS) is 10.1. The molecule has 0 saturated carbocycles. The molecule has 0 spiro atoms. The molecule has 7 nitrogen and oxygen atoms in total. The lowest BCUT2D eigenvalue weighted by molar-refractivity contribution is -0.385. The summed E-state index contributed by atoms with van der Waals surface area (Å²) in [5.41, 5.74) is 2.85. The number of rotatable bonds is 6. The maximum absolute atomic E-state index is 10.7. The predicted octanol–water partition coefficient (Wildman–Crippen LogP) is 2.54. The van der Waals surface area contributed by atoms with E-state index in [0.717, 1.165) is 18.5 Å². The van der Waals surface area contributed by atoms with Crippen LogP contribution in [0.25, 0.3) is 0 Å². The Hall–Kier alpha value is -2.88. The van der Waals surface area contributed by atoms with Crippen molar-refractivity contribution in [3.63, 3.8) is 0 Å². The third-order valence-corrected chi connectivity index (χ3v) is 3.20. The Balaban J connectivity index is 1.91. The first-order valence-corrected chi connectivity index (χ1v) is 6.53. The van der Waals surface area contributed by atoms with Gasteiger partial charge in [-0.05, 0) is 37.5 Å². The summed E-state index contributed by atoms with van der Waals surface area (Å²) in [5, 5.41) is 29.7. The topological polar surface area (TPSA) is 108 Å². The number of aromatic nitrogens is 2. The molecule has 0 aliphatic carbocycles. The summed E-state index contributed by atoms with van der Waals surface area (Å²) < 4.78 is 0. The van der Waals surface area contributed by atoms with Gasteiger partial charge in [0.15, 0.2) is 0 Å². The first-order chi connectivity index (χ1) is 10.1. The number of nitrogens with one attached hydrogen (secondary N) is 2. The molecule has 1 aromatic carbocycles. The van der Waals surface area contributed by atoms with E-state index in [1.807, 2.05) is 19.2 Å². The Morgan fingerprint density at radius 1 is 1.52 bits per heavy atom. The van der Waals surface area contributed by atoms with Crippen molar-refractivity contribution in [1.82, 2.24) is 10.2 Å². The van der Waals surface area contributed by atoms with Gasteiger partial charge in [0.1, 0.15) is 11.6 Å². The van der Waals surface area contributed by atoms with Crippen LogP contribution >= 0.6 is 0 Å². The molecule has 0 amide bonds. The predicted molar refractivity (Wildman–Crippen MR) is 77.9 cm³/mol. The van der Waals surface area contributed by atoms with Crippen LogP contribution in [-0.4, -0.2) is 21.7 Å². The molecule has 0 unspecified atom stereocenters. The van der Waals surface area contributed by atoms with E-state index < -0.39 is 4.92 Å². The summed E-state index contributed by atoms with van der Waals surface area (Å²) in [4.78, 5) is 10.2. The quantitative estimate of drug-likeness (QED) is 0.481. The van der Waals surface area contributed by atoms with E-state index in [2.05, 4.69) is 15.5 Å². The lowest BCUT2D eigenvalue weighted by Gasteiger charge is -2.06. The Morgan fingerprint density at radius 2 is 2.33 bits per heavy atom. The van der Waals surface area contributed by atoms with Gasteiger partial charge < -0.3 is 5.32 Å². The van der Waals surface area contributed by atoms with Gasteiger partial charge in [-0.25, -0.2) is 0 Å². The zero-order chi connectivity index (χ0) is 15.2. The Labute approximate surface area is 121 Å². The number of benzene rings is 1. The molecule has 2 aromatic rings. The van der Waals surface area contributed by atoms with Crippen molar-refractivity contribution in [3.05, 3.63) is 51.3 Å². The maximum Gasteiger partial charge on any atom is 0.287 e. The number of nitro benzene ring substituents is 1. The monoisotopic (exact) mass is 285 g/mol. The fourth-order valence-electron chi connectivity index (χ4n) is 2.03. The zero-order valence-corrected chi connectivity index (χ0v) is 11.6. The van der Waals surface area contributed by atoms with Crippen LogP contribution in [0, 0.1) is 28.4 Å². The highest BCUT2D eigenvalue weighted by atomic mass is 16.6. The van der Waals surface area contributed by atoms with Gasteiger partial charge >= 0.3 is 0 Å². The smallest absolute Gasteiger partial charge is 0.287 e. The number of H-pyrrole nitrogens is 1. The van der Waals surface area contributed by atoms with E-state index in [9.17, 15) is 10.1 Å². The molecular formula is C14H15N5O2. The summed E-state index contributed by atoms with van der Waals surface area (Å²) >= 11 is 0. The number of hydrogen-bond donors (Lipinski definition) is 2. The second kappa shape index (κ2) is 6.52. The number of aryl methyl sites for hydroxylation is 2. The van der Waals surface area contributed by atoms with Gasteiger partial charge in [-0.2, -0.15) is 10.4 Å². The molecule has 2 N–H and O–H groups in total. The highest BCUT2D eigenvalue weighted by molar-refractivity contribution is 5.58. The number of aromatic amines is 1. The summed E-state index contributed by atoms with van der Waals surface area (Å²) in [6, 6.07) is 6.31. The molecule has 1 aromatic heterocycles. The molecule has 21 heavy (non-hydrogen) atoms. The van der Waals surface area contributed by atoms with Crippen LogP contribution in [0.15, 0.2) is 24.4 Å². The van der Waals surface area contributed by atoms with Gasteiger partial charge in [0.05, 0.1) is 11.1 Å². The lowest BCUT2D eigenvalue weighted by atomic mass is 10.1. The van der Waals surface area contributed by atoms with Gasteiger partial charge in [-0.1, -0.05) is 0 Å². The zero-order valence-electron chi connectivity index (χ0n) is 11.6. The third-order valence-electron chi connectivity index (χ3n) is 3.20. The summed E-state index contributed by atoms with van der Waals surface area (Å²) in [6.07, 6.45) is 3.61. The first kappa shape index (κ1) is 14.5. The molecule has 1 heterocycles. The average Bonchev–Trinajstić information content (AvgIpc) is 2.88. The fraction of sp³-hybridized carbons (Fsp3) is 0.286. The first-order valence-electron chi connectivity index (χ1n) is 6.53. The molecule has 2 rings (SSSR count). The molecule has 0 saturated heterocycles. The van der Waals surface area contributed by atoms with Gasteiger partial charge in [-0.15, -0.1) is 0 Å². The molecular weight excluding hydrogens is 270 g/mol. The number of nitrogens with zero attached hydrogens (tertiary/aromatic N) is 3. The van der Waals surface area contributed by atoms with Crippen LogP contribution in [0.4, 0.5) is 11.4 Å². The van der Waals surface area contributed by atoms with Gasteiger partial charge in [0.25, 0.3) is 5.69 Å². The highest BCUT2D eigenvalue weighted by Crippen LogP contribution is 2.21. The Bertz CT molecular complexity index is 687. The van der Waals surface area contributed by atoms with Gasteiger partial charge in [0, 0.05) is 24.0 Å². The van der Waals surface area contributed by atoms with Gasteiger partial charge in [-0.3, -0.25) is 15.2 Å². The van der Waals surface area contributed by atoms with Crippen LogP contribution in [0.3, 0.4) is 0 Å². The lowest BCUT2D eigenvalue weighted by Crippen LogP contribution is -2.04. The fourth-order valence-corrected chi connectivity index (χ4v) is 2.03. The molecule has 108 valence electrons. The van der Waals surface area contributed by atoms with Crippen LogP contribution in [0.5, 0.6) is 0 Å². The largest absolute Gasteiger partial charge is 0.385 e. The van der Waals surface area contributed by atoms with Crippen LogP contribution in [-0.2, 0) is 6.42 Å². The second-order valence-electron chi connectivity index (χ2n) is 4.65. The standard InChI is InChI=1S/C14H15N5O2/c1-10-11(9-17-18-10)3-2-6-16-13-4-5-14(19(20)21)12(7-13)8-15/h4-5,7,9,16H,2-3,6H2,1H3,(H,17,18). The molecule has 0 atom stereocenters. The molecule has 0 bridgehead atoms. The van der Waals surface area contributed by atoms with Crippen molar-refractivity contribution in [2.24, 2.45) is 0 Å². The molecule has 0 fully saturated rings. The summed E-state index contributed by atoms with van der Waals surface area (Å²) in [6.45, 7) is 2.69. The summed E-state index contributed by atoms with van der Waals surface area (Å²) in [5.74, 6) is 0. The minimum absolute atomic E-state index is 0.0654. The number of nitro groups is 1. The number of nitriles is 1. The second-order valence-corrected chi connectivity index (χ2v) is 4.65. The van der Waals surface area contributed by atoms with Crippen LogP contribution in [0.2, 0.25) is 0 Å². The number of anilines is 1. The minimum Gasteiger partial charge on any atom is -0.385 e. The van der Waals surface area contributed by atoms with E-state index in [-0.39, 0.29) is 11.3 Å². The van der Waals surface area contributed by atoms with Crippen LogP contribution in [0.1, 0.15) is 23.2 Å². The van der Waals surface area contributed by atoms with Crippen molar-refractivity contribution < 1.29 is 4.92 Å². The minimum atomic E-state index is -0.552. The molecule has 0 aliphatic heterocycles. The van der Waals surface area contributed by atoms with Crippen molar-refractivity contribution in [2.75, 3.05) is 11.9 Å². The van der Waals surface area contributed by atoms with Gasteiger partial charge in [0.2, 0.25) is 0 Å². The number of hydrogen-bond acceptors (Lipinski definition) is 5. The van der Waals surface area contributed by atoms with Crippen molar-refractivity contribution in [2.45, 2.75) is 19.8 Å². The van der Waals surface area contributed by atoms with Crippen LogP contribution < -0.4 is 5.32 Å². The van der Waals surface area contributed by atoms with E-state index in [1.54, 1.807) is 6.07 Å². The highest BCUT2D eigenvalue weighted by Gasteiger charge is 2.13. The molecule has 0 radical (unpaired) electrons. The van der Waals surface area contributed by atoms with E-state index in [4.69, 9.17) is 5.26 Å². The summed E-state index contributed by atoms with van der Waals surface area (Å²) in [7, 11) is 0. The molecule has 0 aliphatic rings. The third kappa shape index (κ3) is 3.57. The Morgan fingerprint density at radius 3 is 2.95 bits per heavy atom. The Kier molecular flexibility index (Phi) is 4.51. The SMILES string of the molecule is Cc1[nH]ncc1CCCNc1ccc([N+](=O)[O-])c(C#N)c1. The van der Waals surface area contributed by atoms with Crippen molar-refractivity contribution in [3.8, 4) is 6.07 Å². The maximum atomic E-state index is 10.7. The van der Waals surface area contributed by atoms with E-state index in [0.29, 0.717) is 12.2 Å². The molecule has 7 heteroatoms. The van der Waals surface area contributed by atoms with E-state index >= 15 is 0 Å². The van der Waals surface area contributed by atoms with Crippen molar-refractivity contribution >= 4 is 11.4 Å². The van der Waals surface area contributed by atoms with Crippen molar-refractivity contribution in [1.29, 1.82) is 5.26 Å².